The van der Waals surface area contributed by atoms with E-state index in [0.29, 0.717) is 13.2 Å². The SMILES string of the molecule is CCCOCC(O)c1ccc2ccccc2c1. The summed E-state index contributed by atoms with van der Waals surface area (Å²) in [7, 11) is 0. The number of ether oxygens (including phenoxy) is 1. The fourth-order valence-electron chi connectivity index (χ4n) is 1.85. The zero-order valence-corrected chi connectivity index (χ0v) is 10.1. The first-order chi connectivity index (χ1) is 8.31. The van der Waals surface area contributed by atoms with Gasteiger partial charge in [0.2, 0.25) is 0 Å². The van der Waals surface area contributed by atoms with Gasteiger partial charge >= 0.3 is 0 Å². The van der Waals surface area contributed by atoms with Gasteiger partial charge in [0.05, 0.1) is 6.61 Å². The molecule has 17 heavy (non-hydrogen) atoms. The largest absolute Gasteiger partial charge is 0.386 e. The predicted octanol–water partition coefficient (Wildman–Crippen LogP) is 3.30. The summed E-state index contributed by atoms with van der Waals surface area (Å²) in [5.41, 5.74) is 0.916. The van der Waals surface area contributed by atoms with Crippen LogP contribution < -0.4 is 0 Å². The van der Waals surface area contributed by atoms with E-state index in [4.69, 9.17) is 4.74 Å². The first kappa shape index (κ1) is 12.1. The molecule has 0 radical (unpaired) electrons. The zero-order valence-electron chi connectivity index (χ0n) is 10.1. The van der Waals surface area contributed by atoms with Crippen LogP contribution in [0.3, 0.4) is 0 Å². The Balaban J connectivity index is 2.12. The molecule has 0 fully saturated rings. The maximum atomic E-state index is 9.98. The molecule has 0 heterocycles. The molecule has 0 aliphatic rings. The standard InChI is InChI=1S/C15H18O2/c1-2-9-17-11-15(16)14-8-7-12-5-3-4-6-13(12)10-14/h3-8,10,15-16H,2,9,11H2,1H3. The third-order valence-electron chi connectivity index (χ3n) is 2.78. The maximum absolute atomic E-state index is 9.98. The summed E-state index contributed by atoms with van der Waals surface area (Å²) in [5.74, 6) is 0. The molecule has 2 rings (SSSR count). The Kier molecular flexibility index (Phi) is 4.13. The Morgan fingerprint density at radius 2 is 1.88 bits per heavy atom. The van der Waals surface area contributed by atoms with E-state index in [0.717, 1.165) is 17.4 Å². The molecule has 2 aromatic carbocycles. The van der Waals surface area contributed by atoms with E-state index in [1.54, 1.807) is 0 Å². The third kappa shape index (κ3) is 3.05. The van der Waals surface area contributed by atoms with Crippen molar-refractivity contribution in [2.24, 2.45) is 0 Å². The van der Waals surface area contributed by atoms with Gasteiger partial charge in [-0.15, -0.1) is 0 Å². The smallest absolute Gasteiger partial charge is 0.102 e. The van der Waals surface area contributed by atoms with Gasteiger partial charge in [-0.05, 0) is 28.8 Å². The number of fused-ring (bicyclic) bond motifs is 1. The molecule has 2 nitrogen and oxygen atoms in total. The summed E-state index contributed by atoms with van der Waals surface area (Å²) in [6, 6.07) is 14.2. The van der Waals surface area contributed by atoms with Crippen molar-refractivity contribution in [3.63, 3.8) is 0 Å². The van der Waals surface area contributed by atoms with Gasteiger partial charge in [-0.2, -0.15) is 0 Å². The summed E-state index contributed by atoms with van der Waals surface area (Å²) in [5, 5.41) is 12.3. The van der Waals surface area contributed by atoms with Crippen molar-refractivity contribution in [1.82, 2.24) is 0 Å². The minimum atomic E-state index is -0.536. The van der Waals surface area contributed by atoms with E-state index in [2.05, 4.69) is 19.1 Å². The van der Waals surface area contributed by atoms with Gasteiger partial charge in [0, 0.05) is 6.61 Å². The lowest BCUT2D eigenvalue weighted by molar-refractivity contribution is 0.0364. The lowest BCUT2D eigenvalue weighted by Gasteiger charge is -2.12. The second-order valence-corrected chi connectivity index (χ2v) is 4.20. The average molecular weight is 230 g/mol. The molecule has 90 valence electrons. The Bertz CT molecular complexity index is 479. The topological polar surface area (TPSA) is 29.5 Å². The van der Waals surface area contributed by atoms with E-state index in [9.17, 15) is 5.11 Å². The minimum absolute atomic E-state index is 0.367. The first-order valence-corrected chi connectivity index (χ1v) is 6.05. The Morgan fingerprint density at radius 3 is 2.65 bits per heavy atom. The van der Waals surface area contributed by atoms with Crippen LogP contribution in [0.4, 0.5) is 0 Å². The van der Waals surface area contributed by atoms with Crippen molar-refractivity contribution in [3.05, 3.63) is 48.0 Å². The maximum Gasteiger partial charge on any atom is 0.102 e. The van der Waals surface area contributed by atoms with Crippen molar-refractivity contribution in [2.75, 3.05) is 13.2 Å². The lowest BCUT2D eigenvalue weighted by atomic mass is 10.0. The molecule has 0 aliphatic heterocycles. The summed E-state index contributed by atoms with van der Waals surface area (Å²) in [6.07, 6.45) is 0.441. The van der Waals surface area contributed by atoms with E-state index in [1.807, 2.05) is 30.3 Å². The highest BCUT2D eigenvalue weighted by Gasteiger charge is 2.07. The summed E-state index contributed by atoms with van der Waals surface area (Å²) in [6.45, 7) is 3.12. The van der Waals surface area contributed by atoms with Gasteiger partial charge < -0.3 is 9.84 Å². The van der Waals surface area contributed by atoms with Crippen molar-refractivity contribution in [2.45, 2.75) is 19.4 Å². The molecule has 2 aromatic rings. The third-order valence-corrected chi connectivity index (χ3v) is 2.78. The minimum Gasteiger partial charge on any atom is -0.386 e. The molecule has 0 saturated heterocycles. The molecule has 0 spiro atoms. The number of hydrogen-bond donors (Lipinski definition) is 1. The average Bonchev–Trinajstić information content (AvgIpc) is 2.38. The number of rotatable bonds is 5. The van der Waals surface area contributed by atoms with Crippen LogP contribution in [0.2, 0.25) is 0 Å². The summed E-state index contributed by atoms with van der Waals surface area (Å²) in [4.78, 5) is 0. The quantitative estimate of drug-likeness (QED) is 0.799. The Hall–Kier alpha value is -1.38. The fourth-order valence-corrected chi connectivity index (χ4v) is 1.85. The molecular formula is C15H18O2. The second-order valence-electron chi connectivity index (χ2n) is 4.20. The lowest BCUT2D eigenvalue weighted by Crippen LogP contribution is -2.07. The van der Waals surface area contributed by atoms with Crippen LogP contribution in [0.5, 0.6) is 0 Å². The van der Waals surface area contributed by atoms with Crippen molar-refractivity contribution >= 4 is 10.8 Å². The molecule has 0 bridgehead atoms. The van der Waals surface area contributed by atoms with Crippen LogP contribution in [0.15, 0.2) is 42.5 Å². The van der Waals surface area contributed by atoms with Crippen LogP contribution in [-0.2, 0) is 4.74 Å². The molecule has 0 saturated carbocycles. The fraction of sp³-hybridized carbons (Fsp3) is 0.333. The normalized spacial score (nSPS) is 12.8. The van der Waals surface area contributed by atoms with Gasteiger partial charge in [0.1, 0.15) is 6.10 Å². The van der Waals surface area contributed by atoms with Gasteiger partial charge in [-0.1, -0.05) is 43.3 Å². The van der Waals surface area contributed by atoms with Gasteiger partial charge in [0.15, 0.2) is 0 Å². The molecular weight excluding hydrogens is 212 g/mol. The molecule has 1 unspecified atom stereocenters. The van der Waals surface area contributed by atoms with Gasteiger partial charge in [-0.3, -0.25) is 0 Å². The Labute approximate surface area is 102 Å². The Morgan fingerprint density at radius 1 is 1.12 bits per heavy atom. The first-order valence-electron chi connectivity index (χ1n) is 6.05. The molecule has 0 aliphatic carbocycles. The zero-order chi connectivity index (χ0) is 12.1. The van der Waals surface area contributed by atoms with E-state index in [-0.39, 0.29) is 0 Å². The predicted molar refractivity (Wildman–Crippen MR) is 70.0 cm³/mol. The van der Waals surface area contributed by atoms with E-state index >= 15 is 0 Å². The molecule has 1 N–H and O–H groups in total. The number of hydrogen-bond acceptors (Lipinski definition) is 2. The highest BCUT2D eigenvalue weighted by atomic mass is 16.5. The summed E-state index contributed by atoms with van der Waals surface area (Å²) < 4.78 is 5.36. The molecule has 0 aromatic heterocycles. The molecule has 2 heteroatoms. The monoisotopic (exact) mass is 230 g/mol. The summed E-state index contributed by atoms with van der Waals surface area (Å²) >= 11 is 0. The van der Waals surface area contributed by atoms with Gasteiger partial charge in [0.25, 0.3) is 0 Å². The van der Waals surface area contributed by atoms with E-state index < -0.39 is 6.10 Å². The number of aliphatic hydroxyl groups is 1. The van der Waals surface area contributed by atoms with Crippen LogP contribution >= 0.6 is 0 Å². The van der Waals surface area contributed by atoms with E-state index in [1.165, 1.54) is 5.39 Å². The van der Waals surface area contributed by atoms with Crippen LogP contribution in [0.1, 0.15) is 25.0 Å². The van der Waals surface area contributed by atoms with Crippen LogP contribution in [-0.4, -0.2) is 18.3 Å². The number of benzene rings is 2. The van der Waals surface area contributed by atoms with Gasteiger partial charge in [-0.25, -0.2) is 0 Å². The van der Waals surface area contributed by atoms with Crippen molar-refractivity contribution < 1.29 is 9.84 Å². The number of aliphatic hydroxyl groups excluding tert-OH is 1. The molecule has 0 amide bonds. The second kappa shape index (κ2) is 5.80. The van der Waals surface area contributed by atoms with Crippen molar-refractivity contribution in [3.8, 4) is 0 Å². The van der Waals surface area contributed by atoms with Crippen molar-refractivity contribution in [1.29, 1.82) is 0 Å². The van der Waals surface area contributed by atoms with Crippen LogP contribution in [0.25, 0.3) is 10.8 Å². The van der Waals surface area contributed by atoms with Crippen LogP contribution in [0, 0.1) is 0 Å². The highest BCUT2D eigenvalue weighted by Crippen LogP contribution is 2.20. The molecule has 1 atom stereocenters. The highest BCUT2D eigenvalue weighted by molar-refractivity contribution is 5.83.